The highest BCUT2D eigenvalue weighted by atomic mass is 32.5. The first-order valence-electron chi connectivity index (χ1n) is 5.70. The molecule has 0 aromatic rings. The average molecular weight is 305 g/mol. The van der Waals surface area contributed by atoms with Gasteiger partial charge in [0.05, 0.1) is 0 Å². The summed E-state index contributed by atoms with van der Waals surface area (Å²) >= 11 is 0. The van der Waals surface area contributed by atoms with Gasteiger partial charge in [0.1, 0.15) is 5.60 Å². The Kier molecular flexibility index (Phi) is 8.87. The maximum Gasteiger partial charge on any atom is 0.277 e. The smallest absolute Gasteiger partial charge is 0.277 e. The average Bonchev–Trinajstić information content (AvgIpc) is 2.27. The van der Waals surface area contributed by atoms with Crippen LogP contribution in [0.4, 0.5) is 0 Å². The Hall–Kier alpha value is 0.500. The van der Waals surface area contributed by atoms with E-state index in [9.17, 15) is 14.7 Å². The number of aliphatic hydroxyl groups excluding tert-OH is 2. The predicted molar refractivity (Wildman–Crippen MR) is 72.4 cm³/mol. The highest BCUT2D eigenvalue weighted by molar-refractivity contribution is 8.27. The minimum Gasteiger partial charge on any atom is -0.396 e. The first kappa shape index (κ1) is 18.5. The minimum atomic E-state index is -3.97. The van der Waals surface area contributed by atoms with Crippen molar-refractivity contribution in [1.82, 2.24) is 0 Å². The molecule has 1 unspecified atom stereocenters. The van der Waals surface area contributed by atoms with Crippen LogP contribution in [0.5, 0.6) is 0 Å². The van der Waals surface area contributed by atoms with Gasteiger partial charge in [0.25, 0.3) is 6.72 Å². The lowest BCUT2D eigenvalue weighted by molar-refractivity contribution is -0.0588. The Morgan fingerprint density at radius 1 is 1.17 bits per heavy atom. The first-order chi connectivity index (χ1) is 8.35. The van der Waals surface area contributed by atoms with Crippen LogP contribution < -0.4 is 5.90 Å². The summed E-state index contributed by atoms with van der Waals surface area (Å²) in [6.45, 7) is -2.51. The third kappa shape index (κ3) is 6.10. The van der Waals surface area contributed by atoms with Crippen molar-refractivity contribution in [3.63, 3.8) is 0 Å². The van der Waals surface area contributed by atoms with Crippen molar-refractivity contribution in [2.24, 2.45) is 5.90 Å². The topological polar surface area (TPSA) is 136 Å². The number of rotatable bonds is 9. The van der Waals surface area contributed by atoms with Crippen molar-refractivity contribution >= 4 is 16.8 Å². The summed E-state index contributed by atoms with van der Waals surface area (Å²) in [5.41, 5.74) is -1.04. The molecule has 0 radical (unpaired) electrons. The summed E-state index contributed by atoms with van der Waals surface area (Å²) < 4.78 is 0. The predicted octanol–water partition coefficient (Wildman–Crippen LogP) is -0.937. The van der Waals surface area contributed by atoms with Gasteiger partial charge in [0, 0.05) is 31.8 Å². The lowest BCUT2D eigenvalue weighted by Gasteiger charge is -2.32. The molecule has 0 rings (SSSR count). The molecule has 0 bridgehead atoms. The molecule has 0 aliphatic heterocycles. The van der Waals surface area contributed by atoms with Crippen molar-refractivity contribution in [2.75, 3.05) is 24.7 Å². The molecule has 0 aliphatic rings. The summed E-state index contributed by atoms with van der Waals surface area (Å²) in [6.07, 6.45) is 1.000. The van der Waals surface area contributed by atoms with E-state index < -0.39 is 22.4 Å². The molecule has 0 fully saturated rings. The van der Waals surface area contributed by atoms with Gasteiger partial charge in [0.2, 0.25) is 0 Å². The molecule has 0 heterocycles. The highest BCUT2D eigenvalue weighted by Crippen LogP contribution is 2.39. The van der Waals surface area contributed by atoms with Gasteiger partial charge in [-0.2, -0.15) is 0 Å². The molecule has 7 nitrogen and oxygen atoms in total. The van der Waals surface area contributed by atoms with Crippen LogP contribution in [0.1, 0.15) is 26.2 Å². The number of hydrogen-bond donors (Lipinski definition) is 6. The molecule has 0 aromatic carbocycles. The van der Waals surface area contributed by atoms with Crippen molar-refractivity contribution in [1.29, 1.82) is 0 Å². The number of nitrogens with two attached hydrogens (primary N) is 1. The maximum absolute atomic E-state index is 9.42. The number of hydrogen-bond acceptors (Lipinski definition) is 4. The zero-order chi connectivity index (χ0) is 14.2. The summed E-state index contributed by atoms with van der Waals surface area (Å²) in [5, 5.41) is 18.0. The van der Waals surface area contributed by atoms with Crippen LogP contribution in [0, 0.1) is 0 Å². The second-order valence-electron chi connectivity index (χ2n) is 4.07. The second-order valence-corrected chi connectivity index (χ2v) is 9.74. The molecular formula is C9H24NO6PS. The van der Waals surface area contributed by atoms with Crippen LogP contribution in [0.25, 0.3) is 0 Å². The SMILES string of the molecule is CCCS(CC(CCO)(CCO)ON)=P(O)(O)O. The van der Waals surface area contributed by atoms with Crippen LogP contribution in [0.3, 0.4) is 0 Å². The monoisotopic (exact) mass is 305 g/mol. The minimum absolute atomic E-state index is 0.107. The van der Waals surface area contributed by atoms with E-state index >= 15 is 0 Å². The fraction of sp³-hybridized carbons (Fsp3) is 1.00. The summed E-state index contributed by atoms with van der Waals surface area (Å²) in [5.74, 6) is 5.75. The van der Waals surface area contributed by atoms with E-state index in [0.717, 1.165) is 0 Å². The van der Waals surface area contributed by atoms with Gasteiger partial charge in [-0.3, -0.25) is 4.84 Å². The lowest BCUT2D eigenvalue weighted by atomic mass is 9.99. The third-order valence-electron chi connectivity index (χ3n) is 2.60. The van der Waals surface area contributed by atoms with Crippen molar-refractivity contribution in [2.45, 2.75) is 31.8 Å². The fourth-order valence-electron chi connectivity index (χ4n) is 1.65. The zero-order valence-electron chi connectivity index (χ0n) is 10.5. The third-order valence-corrected chi connectivity index (χ3v) is 8.05. The van der Waals surface area contributed by atoms with E-state index in [-0.39, 0.29) is 31.8 Å². The largest absolute Gasteiger partial charge is 0.396 e. The quantitative estimate of drug-likeness (QED) is 0.239. The summed E-state index contributed by atoms with van der Waals surface area (Å²) in [6, 6.07) is 0. The molecule has 112 valence electrons. The molecule has 0 spiro atoms. The van der Waals surface area contributed by atoms with E-state index in [1.54, 1.807) is 0 Å². The highest BCUT2D eigenvalue weighted by Gasteiger charge is 2.33. The van der Waals surface area contributed by atoms with Gasteiger partial charge in [-0.15, -0.1) is 10.1 Å². The molecule has 9 heteroatoms. The van der Waals surface area contributed by atoms with Crippen LogP contribution in [-0.4, -0.2) is 55.2 Å². The van der Waals surface area contributed by atoms with Crippen molar-refractivity contribution in [3.8, 4) is 0 Å². The van der Waals surface area contributed by atoms with Crippen LogP contribution in [-0.2, 0) is 14.9 Å². The fourth-order valence-corrected chi connectivity index (χ4v) is 6.16. The van der Waals surface area contributed by atoms with E-state index in [0.29, 0.717) is 12.2 Å². The van der Waals surface area contributed by atoms with E-state index in [1.165, 1.54) is 0 Å². The molecule has 1 atom stereocenters. The Labute approximate surface area is 109 Å². The molecule has 0 saturated heterocycles. The Morgan fingerprint density at radius 3 is 1.94 bits per heavy atom. The maximum atomic E-state index is 9.42. The number of aliphatic hydroxyl groups is 2. The molecule has 0 aromatic heterocycles. The van der Waals surface area contributed by atoms with Gasteiger partial charge in [0.15, 0.2) is 0 Å². The Bertz CT molecular complexity index is 281. The van der Waals surface area contributed by atoms with Gasteiger partial charge in [-0.1, -0.05) is 6.92 Å². The molecule has 0 amide bonds. The van der Waals surface area contributed by atoms with Crippen LogP contribution >= 0.6 is 6.72 Å². The van der Waals surface area contributed by atoms with E-state index in [2.05, 4.69) is 0 Å². The van der Waals surface area contributed by atoms with Crippen molar-refractivity contribution in [3.05, 3.63) is 0 Å². The second kappa shape index (κ2) is 8.63. The molecule has 18 heavy (non-hydrogen) atoms. The van der Waals surface area contributed by atoms with Gasteiger partial charge < -0.3 is 24.9 Å². The van der Waals surface area contributed by atoms with Gasteiger partial charge >= 0.3 is 0 Å². The molecule has 0 aliphatic carbocycles. The van der Waals surface area contributed by atoms with Gasteiger partial charge in [-0.25, -0.2) is 5.90 Å². The van der Waals surface area contributed by atoms with Crippen molar-refractivity contribution < 1.29 is 29.7 Å². The zero-order valence-corrected chi connectivity index (χ0v) is 12.2. The summed E-state index contributed by atoms with van der Waals surface area (Å²) in [4.78, 5) is 33.1. The first-order valence-corrected chi connectivity index (χ1v) is 9.52. The lowest BCUT2D eigenvalue weighted by Crippen LogP contribution is -2.43. The van der Waals surface area contributed by atoms with E-state index in [1.807, 2.05) is 6.92 Å². The molecule has 0 saturated carbocycles. The van der Waals surface area contributed by atoms with Gasteiger partial charge in [-0.05, 0) is 12.2 Å². The Balaban J connectivity index is 5.15. The molecule has 7 N–H and O–H groups in total. The van der Waals surface area contributed by atoms with Crippen LogP contribution in [0.2, 0.25) is 0 Å². The normalized spacial score (nSPS) is 14.8. The van der Waals surface area contributed by atoms with E-state index in [4.69, 9.17) is 20.9 Å². The Morgan fingerprint density at radius 2 is 1.67 bits per heavy atom. The standard InChI is InChI=1S/C9H24NO6PS/c1-2-7-18(17(13,14)15)8-9(16-10,3-5-11)4-6-12/h11-15H,2-8,10H2,1H3. The molecular weight excluding hydrogens is 281 g/mol. The summed E-state index contributed by atoms with van der Waals surface area (Å²) in [7, 11) is -1.06. The van der Waals surface area contributed by atoms with Crippen LogP contribution in [0.15, 0.2) is 0 Å².